The Hall–Kier alpha value is -1.97. The number of carbonyl (C=O) groups is 1. The third-order valence-electron chi connectivity index (χ3n) is 4.00. The SMILES string of the molecule is CC(C)C(N=C1NS(=O)(=O)c2ccccc21)C(=O)NC1CNNC1. The largest absolute Gasteiger partial charge is 0.349 e. The number of aliphatic imine (C=N–C) groups is 1. The van der Waals surface area contributed by atoms with E-state index in [1.165, 1.54) is 6.07 Å². The Kier molecular flexibility index (Phi) is 4.57. The second-order valence-corrected chi connectivity index (χ2v) is 7.89. The summed E-state index contributed by atoms with van der Waals surface area (Å²) in [4.78, 5) is 17.2. The number of hydrogen-bond acceptors (Lipinski definition) is 6. The summed E-state index contributed by atoms with van der Waals surface area (Å²) in [5.74, 6) is -0.0595. The van der Waals surface area contributed by atoms with Gasteiger partial charge in [0.25, 0.3) is 10.0 Å². The Balaban J connectivity index is 1.88. The minimum Gasteiger partial charge on any atom is -0.349 e. The number of amides is 1. The first kappa shape index (κ1) is 16.9. The van der Waals surface area contributed by atoms with Crippen molar-refractivity contribution in [3.05, 3.63) is 29.8 Å². The zero-order valence-corrected chi connectivity index (χ0v) is 14.4. The smallest absolute Gasteiger partial charge is 0.263 e. The number of carbonyl (C=O) groups excluding carboxylic acids is 1. The molecule has 1 fully saturated rings. The Bertz CT molecular complexity index is 769. The molecule has 0 radical (unpaired) electrons. The van der Waals surface area contributed by atoms with Crippen molar-refractivity contribution in [3.63, 3.8) is 0 Å². The number of hydrogen-bond donors (Lipinski definition) is 4. The summed E-state index contributed by atoms with van der Waals surface area (Å²) in [6.07, 6.45) is 0. The molecule has 0 spiro atoms. The number of hydrazine groups is 1. The number of nitrogens with zero attached hydrogens (tertiary/aromatic N) is 1. The average Bonchev–Trinajstić information content (AvgIpc) is 3.11. The van der Waals surface area contributed by atoms with E-state index in [2.05, 4.69) is 25.9 Å². The van der Waals surface area contributed by atoms with Gasteiger partial charge in [0.1, 0.15) is 11.9 Å². The van der Waals surface area contributed by atoms with E-state index in [1.54, 1.807) is 18.2 Å². The van der Waals surface area contributed by atoms with Crippen LogP contribution in [0.25, 0.3) is 0 Å². The highest BCUT2D eigenvalue weighted by atomic mass is 32.2. The van der Waals surface area contributed by atoms with Crippen molar-refractivity contribution in [3.8, 4) is 0 Å². The van der Waals surface area contributed by atoms with Gasteiger partial charge in [-0.05, 0) is 18.1 Å². The predicted molar refractivity (Wildman–Crippen MR) is 89.9 cm³/mol. The van der Waals surface area contributed by atoms with Crippen LogP contribution in [0.3, 0.4) is 0 Å². The van der Waals surface area contributed by atoms with Gasteiger partial charge in [0.15, 0.2) is 0 Å². The molecule has 1 aromatic carbocycles. The lowest BCUT2D eigenvalue weighted by Crippen LogP contribution is -2.45. The summed E-state index contributed by atoms with van der Waals surface area (Å²) in [5, 5.41) is 2.93. The van der Waals surface area contributed by atoms with Gasteiger partial charge in [0.2, 0.25) is 5.91 Å². The number of sulfonamides is 1. The molecular formula is C15H21N5O3S. The molecule has 2 aliphatic rings. The molecule has 0 aromatic heterocycles. The van der Waals surface area contributed by atoms with E-state index >= 15 is 0 Å². The summed E-state index contributed by atoms with van der Waals surface area (Å²) in [6, 6.07) is 5.94. The van der Waals surface area contributed by atoms with E-state index in [1.807, 2.05) is 13.8 Å². The maximum absolute atomic E-state index is 12.6. The summed E-state index contributed by atoms with van der Waals surface area (Å²) < 4.78 is 26.8. The lowest BCUT2D eigenvalue weighted by Gasteiger charge is -2.19. The lowest BCUT2D eigenvalue weighted by molar-refractivity contribution is -0.123. The van der Waals surface area contributed by atoms with Gasteiger partial charge < -0.3 is 5.32 Å². The van der Waals surface area contributed by atoms with Crippen molar-refractivity contribution >= 4 is 21.8 Å². The molecule has 2 aliphatic heterocycles. The van der Waals surface area contributed by atoms with Crippen LogP contribution >= 0.6 is 0 Å². The maximum atomic E-state index is 12.6. The normalized spacial score (nSPS) is 22.4. The molecule has 8 nitrogen and oxygen atoms in total. The highest BCUT2D eigenvalue weighted by Crippen LogP contribution is 2.23. The van der Waals surface area contributed by atoms with Crippen LogP contribution in [-0.4, -0.2) is 45.3 Å². The third-order valence-corrected chi connectivity index (χ3v) is 5.40. The van der Waals surface area contributed by atoms with E-state index in [0.717, 1.165) is 0 Å². The number of fused-ring (bicyclic) bond motifs is 1. The number of rotatable bonds is 4. The molecule has 1 unspecified atom stereocenters. The first-order chi connectivity index (χ1) is 11.4. The monoisotopic (exact) mass is 351 g/mol. The third kappa shape index (κ3) is 3.28. The highest BCUT2D eigenvalue weighted by molar-refractivity contribution is 7.90. The van der Waals surface area contributed by atoms with Gasteiger partial charge in [0.05, 0.1) is 10.9 Å². The molecule has 1 atom stereocenters. The first-order valence-corrected chi connectivity index (χ1v) is 9.33. The maximum Gasteiger partial charge on any atom is 0.263 e. The fourth-order valence-electron chi connectivity index (χ4n) is 2.73. The van der Waals surface area contributed by atoms with Gasteiger partial charge in [-0.15, -0.1) is 0 Å². The molecule has 1 amide bonds. The first-order valence-electron chi connectivity index (χ1n) is 7.84. The second-order valence-electron chi connectivity index (χ2n) is 6.24. The van der Waals surface area contributed by atoms with Crippen molar-refractivity contribution < 1.29 is 13.2 Å². The fraction of sp³-hybridized carbons (Fsp3) is 0.467. The molecule has 1 saturated heterocycles. The molecule has 24 heavy (non-hydrogen) atoms. The van der Waals surface area contributed by atoms with Crippen molar-refractivity contribution in [2.24, 2.45) is 10.9 Å². The van der Waals surface area contributed by atoms with Gasteiger partial charge in [-0.3, -0.25) is 25.4 Å². The molecule has 2 heterocycles. The van der Waals surface area contributed by atoms with E-state index < -0.39 is 16.1 Å². The lowest BCUT2D eigenvalue weighted by atomic mass is 10.0. The Morgan fingerprint density at radius 3 is 2.58 bits per heavy atom. The average molecular weight is 351 g/mol. The topological polar surface area (TPSA) is 112 Å². The summed E-state index contributed by atoms with van der Waals surface area (Å²) in [6.45, 7) is 5.05. The van der Waals surface area contributed by atoms with Crippen LogP contribution in [0, 0.1) is 5.92 Å². The summed E-state index contributed by atoms with van der Waals surface area (Å²) in [5.41, 5.74) is 6.40. The minimum atomic E-state index is -3.61. The molecule has 3 rings (SSSR count). The molecule has 0 aliphatic carbocycles. The van der Waals surface area contributed by atoms with E-state index in [0.29, 0.717) is 18.7 Å². The van der Waals surface area contributed by atoms with Crippen LogP contribution in [0.1, 0.15) is 19.4 Å². The standard InChI is InChI=1S/C15H21N5O3S/c1-9(2)13(15(21)18-10-7-16-17-8-10)19-14-11-5-3-4-6-12(11)24(22,23)20-14/h3-6,9-10,13,16-17H,7-8H2,1-2H3,(H,18,21)(H,19,20). The zero-order chi connectivity index (χ0) is 17.3. The van der Waals surface area contributed by atoms with Gasteiger partial charge in [-0.1, -0.05) is 26.0 Å². The van der Waals surface area contributed by atoms with Crippen LogP contribution in [0.5, 0.6) is 0 Å². The number of nitrogens with one attached hydrogen (secondary N) is 4. The minimum absolute atomic E-state index is 0.00786. The second kappa shape index (κ2) is 6.50. The Labute approximate surface area is 141 Å². The molecule has 9 heteroatoms. The van der Waals surface area contributed by atoms with Gasteiger partial charge in [-0.25, -0.2) is 8.42 Å². The van der Waals surface area contributed by atoms with Crippen LogP contribution < -0.4 is 20.9 Å². The van der Waals surface area contributed by atoms with Crippen molar-refractivity contribution in [2.45, 2.75) is 30.8 Å². The van der Waals surface area contributed by atoms with Crippen molar-refractivity contribution in [1.29, 1.82) is 0 Å². The number of benzene rings is 1. The zero-order valence-electron chi connectivity index (χ0n) is 13.5. The molecule has 4 N–H and O–H groups in total. The van der Waals surface area contributed by atoms with Crippen LogP contribution in [0.2, 0.25) is 0 Å². The van der Waals surface area contributed by atoms with Gasteiger partial charge in [0, 0.05) is 18.7 Å². The molecule has 1 aromatic rings. The molecule has 0 bridgehead atoms. The Morgan fingerprint density at radius 1 is 1.25 bits per heavy atom. The quantitative estimate of drug-likeness (QED) is 0.576. The fourth-order valence-corrected chi connectivity index (χ4v) is 3.97. The highest BCUT2D eigenvalue weighted by Gasteiger charge is 2.33. The van der Waals surface area contributed by atoms with Crippen LogP contribution in [0.4, 0.5) is 0 Å². The molecule has 130 valence electrons. The Morgan fingerprint density at radius 2 is 1.92 bits per heavy atom. The molecular weight excluding hydrogens is 330 g/mol. The van der Waals surface area contributed by atoms with Gasteiger partial charge >= 0.3 is 0 Å². The van der Waals surface area contributed by atoms with E-state index in [-0.39, 0.29) is 28.6 Å². The van der Waals surface area contributed by atoms with Crippen LogP contribution in [-0.2, 0) is 14.8 Å². The van der Waals surface area contributed by atoms with Crippen molar-refractivity contribution in [1.82, 2.24) is 20.9 Å². The van der Waals surface area contributed by atoms with Crippen LogP contribution in [0.15, 0.2) is 34.2 Å². The molecule has 0 saturated carbocycles. The van der Waals surface area contributed by atoms with Crippen molar-refractivity contribution in [2.75, 3.05) is 13.1 Å². The predicted octanol–water partition coefficient (Wildman–Crippen LogP) is -0.658. The summed E-state index contributed by atoms with van der Waals surface area (Å²) in [7, 11) is -3.61. The van der Waals surface area contributed by atoms with E-state index in [9.17, 15) is 13.2 Å². The number of amidine groups is 1. The summed E-state index contributed by atoms with van der Waals surface area (Å²) >= 11 is 0. The van der Waals surface area contributed by atoms with Gasteiger partial charge in [-0.2, -0.15) is 0 Å². The van der Waals surface area contributed by atoms with E-state index in [4.69, 9.17) is 0 Å².